The molecule has 1 aliphatic rings. The second-order valence-corrected chi connectivity index (χ2v) is 8.03. The predicted molar refractivity (Wildman–Crippen MR) is 90.5 cm³/mol. The van der Waals surface area contributed by atoms with E-state index in [4.69, 9.17) is 0 Å². The van der Waals surface area contributed by atoms with Gasteiger partial charge in [-0.1, -0.05) is 18.9 Å². The third-order valence-corrected chi connectivity index (χ3v) is 5.76. The first-order valence-electron chi connectivity index (χ1n) is 8.47. The number of likely N-dealkylation sites (tertiary alicyclic amines) is 1. The van der Waals surface area contributed by atoms with E-state index in [-0.39, 0.29) is 4.90 Å². The highest BCUT2D eigenvalue weighted by atomic mass is 32.2. The Morgan fingerprint density at radius 1 is 1.13 bits per heavy atom. The normalized spacial score (nSPS) is 17.1. The Hall–Kier alpha value is -0.980. The van der Waals surface area contributed by atoms with Crippen molar-refractivity contribution in [3.8, 4) is 0 Å². The molecule has 1 N–H and O–H groups in total. The summed E-state index contributed by atoms with van der Waals surface area (Å²) in [5, 5.41) is 0. The topological polar surface area (TPSA) is 49.4 Å². The quantitative estimate of drug-likeness (QED) is 0.775. The minimum absolute atomic E-state index is 0.268. The molecule has 0 atom stereocenters. The van der Waals surface area contributed by atoms with Crippen molar-refractivity contribution in [3.63, 3.8) is 0 Å². The summed E-state index contributed by atoms with van der Waals surface area (Å²) in [6.45, 7) is 5.40. The number of hydrogen-bond donors (Lipinski definition) is 1. The Balaban J connectivity index is 1.74. The van der Waals surface area contributed by atoms with Crippen LogP contribution in [0.25, 0.3) is 0 Å². The number of nitrogens with zero attached hydrogens (tertiary/aromatic N) is 1. The van der Waals surface area contributed by atoms with E-state index in [0.717, 1.165) is 32.5 Å². The Kier molecular flexibility index (Phi) is 6.99. The van der Waals surface area contributed by atoms with E-state index in [2.05, 4.69) is 9.62 Å². The van der Waals surface area contributed by atoms with Crippen molar-refractivity contribution >= 4 is 10.0 Å². The molecule has 1 aromatic carbocycles. The summed E-state index contributed by atoms with van der Waals surface area (Å²) in [5.74, 6) is -0.693. The number of aryl methyl sites for hydroxylation is 1. The molecule has 0 aromatic heterocycles. The van der Waals surface area contributed by atoms with Gasteiger partial charge in [0, 0.05) is 6.54 Å². The molecular weight excluding hydrogens is 315 g/mol. The first kappa shape index (κ1) is 18.4. The zero-order valence-electron chi connectivity index (χ0n) is 13.9. The molecule has 1 aliphatic heterocycles. The van der Waals surface area contributed by atoms with Crippen molar-refractivity contribution in [2.24, 2.45) is 0 Å². The fourth-order valence-corrected chi connectivity index (χ4v) is 4.06. The van der Waals surface area contributed by atoms with Gasteiger partial charge in [0.05, 0.1) is 0 Å². The number of hydrogen-bond acceptors (Lipinski definition) is 3. The molecule has 0 unspecified atom stereocenters. The molecule has 0 aliphatic carbocycles. The van der Waals surface area contributed by atoms with E-state index >= 15 is 0 Å². The van der Waals surface area contributed by atoms with Crippen LogP contribution in [0.1, 0.15) is 44.1 Å². The van der Waals surface area contributed by atoms with E-state index in [1.54, 1.807) is 13.0 Å². The number of halogens is 1. The molecule has 0 radical (unpaired) electrons. The number of benzene rings is 1. The van der Waals surface area contributed by atoms with Crippen LogP contribution in [0.3, 0.4) is 0 Å². The van der Waals surface area contributed by atoms with Crippen LogP contribution in [0.4, 0.5) is 4.39 Å². The maximum absolute atomic E-state index is 13.8. The van der Waals surface area contributed by atoms with Crippen molar-refractivity contribution in [2.75, 3.05) is 26.2 Å². The summed E-state index contributed by atoms with van der Waals surface area (Å²) in [5.41, 5.74) is 0.707. The van der Waals surface area contributed by atoms with Crippen molar-refractivity contribution in [1.29, 1.82) is 0 Å². The van der Waals surface area contributed by atoms with E-state index in [1.807, 2.05) is 0 Å². The summed E-state index contributed by atoms with van der Waals surface area (Å²) < 4.78 is 40.5. The third-order valence-electron chi connectivity index (χ3n) is 4.27. The monoisotopic (exact) mass is 342 g/mol. The fraction of sp³-hybridized carbons (Fsp3) is 0.647. The van der Waals surface area contributed by atoms with Gasteiger partial charge in [0.1, 0.15) is 10.7 Å². The highest BCUT2D eigenvalue weighted by Crippen LogP contribution is 2.15. The van der Waals surface area contributed by atoms with Crippen LogP contribution in [0, 0.1) is 12.7 Å². The van der Waals surface area contributed by atoms with Crippen LogP contribution in [0.15, 0.2) is 23.1 Å². The molecule has 130 valence electrons. The van der Waals surface area contributed by atoms with Gasteiger partial charge in [-0.05, 0) is 69.9 Å². The minimum atomic E-state index is -3.76. The van der Waals surface area contributed by atoms with Crippen LogP contribution in [-0.4, -0.2) is 39.5 Å². The highest BCUT2D eigenvalue weighted by Gasteiger charge is 2.18. The summed E-state index contributed by atoms with van der Waals surface area (Å²) >= 11 is 0. The van der Waals surface area contributed by atoms with Crippen LogP contribution >= 0.6 is 0 Å². The maximum atomic E-state index is 13.8. The predicted octanol–water partition coefficient (Wildman–Crippen LogP) is 3.07. The second kappa shape index (κ2) is 8.76. The van der Waals surface area contributed by atoms with Gasteiger partial charge in [-0.3, -0.25) is 0 Å². The lowest BCUT2D eigenvalue weighted by molar-refractivity contribution is 0.279. The minimum Gasteiger partial charge on any atom is -0.303 e. The first-order valence-corrected chi connectivity index (χ1v) is 9.95. The molecular formula is C17H27FN2O2S. The van der Waals surface area contributed by atoms with Gasteiger partial charge >= 0.3 is 0 Å². The molecule has 4 nitrogen and oxygen atoms in total. The summed E-state index contributed by atoms with van der Waals surface area (Å²) in [6.07, 6.45) is 6.89. The third kappa shape index (κ3) is 5.86. The van der Waals surface area contributed by atoms with E-state index < -0.39 is 15.8 Å². The number of nitrogens with one attached hydrogen (secondary N) is 1. The SMILES string of the molecule is Cc1ccc(S(=O)(=O)NCCCCN2CCCCCC2)c(F)c1. The fourth-order valence-electron chi connectivity index (χ4n) is 2.93. The van der Waals surface area contributed by atoms with Gasteiger partial charge < -0.3 is 4.90 Å². The number of sulfonamides is 1. The Morgan fingerprint density at radius 3 is 2.48 bits per heavy atom. The Morgan fingerprint density at radius 2 is 1.83 bits per heavy atom. The molecule has 23 heavy (non-hydrogen) atoms. The van der Waals surface area contributed by atoms with Crippen molar-refractivity contribution in [2.45, 2.75) is 50.3 Å². The second-order valence-electron chi connectivity index (χ2n) is 6.29. The van der Waals surface area contributed by atoms with E-state index in [1.165, 1.54) is 37.8 Å². The maximum Gasteiger partial charge on any atom is 0.243 e. The van der Waals surface area contributed by atoms with E-state index in [9.17, 15) is 12.8 Å². The van der Waals surface area contributed by atoms with Gasteiger partial charge in [-0.2, -0.15) is 0 Å². The lowest BCUT2D eigenvalue weighted by Gasteiger charge is -2.19. The van der Waals surface area contributed by atoms with Crippen LogP contribution in [0.2, 0.25) is 0 Å². The van der Waals surface area contributed by atoms with Gasteiger partial charge in [0.2, 0.25) is 10.0 Å². The zero-order valence-corrected chi connectivity index (χ0v) is 14.7. The molecule has 6 heteroatoms. The average molecular weight is 342 g/mol. The van der Waals surface area contributed by atoms with Crippen LogP contribution < -0.4 is 4.72 Å². The standard InChI is InChI=1S/C17H27FN2O2S/c1-15-8-9-17(16(18)14-15)23(21,22)19-10-4-7-13-20-11-5-2-3-6-12-20/h8-9,14,19H,2-7,10-13H2,1H3. The number of unbranched alkanes of at least 4 members (excludes halogenated alkanes) is 1. The molecule has 0 saturated carbocycles. The molecule has 2 rings (SSSR count). The van der Waals surface area contributed by atoms with Crippen molar-refractivity contribution < 1.29 is 12.8 Å². The lowest BCUT2D eigenvalue weighted by atomic mass is 10.2. The molecule has 0 amide bonds. The smallest absolute Gasteiger partial charge is 0.243 e. The van der Waals surface area contributed by atoms with Crippen LogP contribution in [0.5, 0.6) is 0 Å². The van der Waals surface area contributed by atoms with Crippen LogP contribution in [-0.2, 0) is 10.0 Å². The zero-order chi connectivity index (χ0) is 16.7. The summed E-state index contributed by atoms with van der Waals surface area (Å²) in [6, 6.07) is 4.18. The number of rotatable bonds is 7. The molecule has 1 saturated heterocycles. The average Bonchev–Trinajstić information content (AvgIpc) is 2.75. The molecule has 1 fully saturated rings. The van der Waals surface area contributed by atoms with Crippen molar-refractivity contribution in [3.05, 3.63) is 29.6 Å². The molecule has 1 aromatic rings. The highest BCUT2D eigenvalue weighted by molar-refractivity contribution is 7.89. The largest absolute Gasteiger partial charge is 0.303 e. The van der Waals surface area contributed by atoms with Crippen molar-refractivity contribution in [1.82, 2.24) is 9.62 Å². The van der Waals surface area contributed by atoms with Gasteiger partial charge in [-0.15, -0.1) is 0 Å². The Labute approximate surface area is 139 Å². The Bertz CT molecular complexity index is 597. The van der Waals surface area contributed by atoms with E-state index in [0.29, 0.717) is 12.1 Å². The summed E-state index contributed by atoms with van der Waals surface area (Å²) in [7, 11) is -3.76. The molecule has 1 heterocycles. The van der Waals surface area contributed by atoms with Gasteiger partial charge in [-0.25, -0.2) is 17.5 Å². The lowest BCUT2D eigenvalue weighted by Crippen LogP contribution is -2.28. The van der Waals surface area contributed by atoms with Gasteiger partial charge in [0.15, 0.2) is 0 Å². The van der Waals surface area contributed by atoms with Gasteiger partial charge in [0.25, 0.3) is 0 Å². The molecule has 0 bridgehead atoms. The molecule has 0 spiro atoms. The summed E-state index contributed by atoms with van der Waals surface area (Å²) in [4.78, 5) is 2.19. The first-order chi connectivity index (χ1) is 11.0.